The molecule has 0 spiro atoms. The highest BCUT2D eigenvalue weighted by molar-refractivity contribution is 14.2. The molecule has 13 heteroatoms. The zero-order valence-electron chi connectivity index (χ0n) is 22.5. The summed E-state index contributed by atoms with van der Waals surface area (Å²) in [4.78, 5) is 27.5. The van der Waals surface area contributed by atoms with E-state index in [0.29, 0.717) is 0 Å². The van der Waals surface area contributed by atoms with Gasteiger partial charge in [0.15, 0.2) is 12.1 Å². The van der Waals surface area contributed by atoms with Gasteiger partial charge in [-0.05, 0) is 20.0 Å². The second-order valence-corrected chi connectivity index (χ2v) is 16.4. The van der Waals surface area contributed by atoms with Crippen molar-refractivity contribution in [3.05, 3.63) is 51.6 Å². The van der Waals surface area contributed by atoms with Gasteiger partial charge in [0.25, 0.3) is 0 Å². The van der Waals surface area contributed by atoms with Gasteiger partial charge < -0.3 is 45.1 Å². The van der Waals surface area contributed by atoms with Crippen molar-refractivity contribution in [3.63, 3.8) is 0 Å². The summed E-state index contributed by atoms with van der Waals surface area (Å²) in [5.74, 6) is -2.32. The summed E-state index contributed by atoms with van der Waals surface area (Å²) in [7, 11) is 3.06. The molecule has 6 atom stereocenters. The molecule has 2 aromatic carbocycles. The Morgan fingerprint density at radius 3 is 2.46 bits per heavy atom. The molecule has 1 heterocycles. The number of fused-ring (bicyclic) bond motifs is 3. The molecule has 222 valence electrons. The number of aliphatic hydroxyl groups excluding tert-OH is 2. The van der Waals surface area contributed by atoms with Gasteiger partial charge in [0.2, 0.25) is 5.78 Å². The number of aromatic hydroxyl groups is 2. The van der Waals surface area contributed by atoms with Crippen molar-refractivity contribution < 1.29 is 49.3 Å². The van der Waals surface area contributed by atoms with E-state index in [0.717, 1.165) is 0 Å². The Bertz CT molecular complexity index is 1410. The summed E-state index contributed by atoms with van der Waals surface area (Å²) < 4.78 is 16.4. The van der Waals surface area contributed by atoms with Crippen molar-refractivity contribution in [2.24, 2.45) is 0 Å². The average molecular weight is 795 g/mol. The first kappa shape index (κ1) is 30.8. The van der Waals surface area contributed by atoms with Crippen LogP contribution in [0.5, 0.6) is 17.2 Å². The Morgan fingerprint density at radius 1 is 1.15 bits per heavy atom. The number of halogens is 2. The number of ether oxygens (including phenoxy) is 3. The molecule has 11 nitrogen and oxygen atoms in total. The SMILES string of the molecule is CN[C@H]1C[C@@H](O[C@@H]2C[C@@](O)(C(I)(I)CO)Cc3c(O)c4c(c(O)c32)C(=O)c2c(OC)cccc2C4=O)OC(C)[C@@H]1O. The number of benzene rings is 2. The van der Waals surface area contributed by atoms with Crippen LogP contribution >= 0.6 is 45.2 Å². The number of alkyl halides is 2. The zero-order valence-corrected chi connectivity index (χ0v) is 26.8. The number of phenols is 2. The number of hydrogen-bond acceptors (Lipinski definition) is 11. The lowest BCUT2D eigenvalue weighted by Gasteiger charge is -2.47. The van der Waals surface area contributed by atoms with E-state index in [1.807, 2.05) is 45.2 Å². The van der Waals surface area contributed by atoms with Gasteiger partial charge in [0.05, 0.1) is 54.3 Å². The molecule has 6 N–H and O–H groups in total. The fourth-order valence-corrected chi connectivity index (χ4v) is 6.89. The lowest BCUT2D eigenvalue weighted by atomic mass is 9.72. The highest BCUT2D eigenvalue weighted by Crippen LogP contribution is 2.56. The quantitative estimate of drug-likeness (QED) is 0.123. The van der Waals surface area contributed by atoms with Crippen molar-refractivity contribution in [1.82, 2.24) is 5.32 Å². The van der Waals surface area contributed by atoms with Gasteiger partial charge in [-0.2, -0.15) is 0 Å². The van der Waals surface area contributed by atoms with E-state index < -0.39 is 61.3 Å². The van der Waals surface area contributed by atoms with Gasteiger partial charge in [-0.15, -0.1) is 0 Å². The van der Waals surface area contributed by atoms with E-state index >= 15 is 0 Å². The number of hydrogen-bond donors (Lipinski definition) is 6. The van der Waals surface area contributed by atoms with E-state index in [4.69, 9.17) is 14.2 Å². The number of methoxy groups -OCH3 is 1. The van der Waals surface area contributed by atoms with E-state index in [1.165, 1.54) is 19.2 Å². The molecular weight excluding hydrogens is 764 g/mol. The van der Waals surface area contributed by atoms with Gasteiger partial charge >= 0.3 is 0 Å². The Kier molecular flexibility index (Phi) is 8.39. The zero-order chi connectivity index (χ0) is 30.0. The first-order chi connectivity index (χ1) is 19.3. The van der Waals surface area contributed by atoms with Crippen LogP contribution in [0, 0.1) is 0 Å². The van der Waals surface area contributed by atoms with E-state index in [9.17, 15) is 35.1 Å². The summed E-state index contributed by atoms with van der Waals surface area (Å²) in [6.07, 6.45) is -3.58. The molecule has 1 unspecified atom stereocenters. The summed E-state index contributed by atoms with van der Waals surface area (Å²) in [6, 6.07) is 4.15. The van der Waals surface area contributed by atoms with Gasteiger partial charge in [0, 0.05) is 42.0 Å². The van der Waals surface area contributed by atoms with Gasteiger partial charge in [-0.1, -0.05) is 57.3 Å². The second kappa shape index (κ2) is 11.2. The van der Waals surface area contributed by atoms with Crippen LogP contribution in [0.15, 0.2) is 18.2 Å². The molecule has 1 saturated heterocycles. The minimum absolute atomic E-state index is 0.0177. The van der Waals surface area contributed by atoms with Crippen LogP contribution in [-0.4, -0.2) is 89.4 Å². The van der Waals surface area contributed by atoms with Crippen molar-refractivity contribution in [2.45, 2.75) is 63.9 Å². The number of carbonyl (C=O) groups excluding carboxylic acids is 2. The van der Waals surface area contributed by atoms with Crippen LogP contribution in [0.2, 0.25) is 0 Å². The highest BCUT2D eigenvalue weighted by atomic mass is 127. The topological polar surface area (TPSA) is 175 Å². The maximum Gasteiger partial charge on any atom is 0.202 e. The lowest BCUT2D eigenvalue weighted by Crippen LogP contribution is -2.55. The summed E-state index contributed by atoms with van der Waals surface area (Å²) in [6.45, 7) is 1.26. The molecule has 0 bridgehead atoms. The Morgan fingerprint density at radius 2 is 1.83 bits per heavy atom. The number of rotatable bonds is 6. The molecule has 0 saturated carbocycles. The smallest absolute Gasteiger partial charge is 0.202 e. The Balaban J connectivity index is 1.69. The van der Waals surface area contributed by atoms with Gasteiger partial charge in [-0.3, -0.25) is 9.59 Å². The first-order valence-electron chi connectivity index (χ1n) is 13.0. The predicted octanol–water partition coefficient (Wildman–Crippen LogP) is 2.26. The number of aliphatic hydroxyl groups is 3. The molecule has 1 aliphatic heterocycles. The molecule has 0 radical (unpaired) electrons. The largest absolute Gasteiger partial charge is 0.507 e. The fraction of sp³-hybridized carbons (Fsp3) is 0.500. The number of nitrogens with one attached hydrogen (secondary N) is 1. The van der Waals surface area contributed by atoms with Crippen LogP contribution in [0.1, 0.15) is 68.8 Å². The predicted molar refractivity (Wildman–Crippen MR) is 162 cm³/mol. The highest BCUT2D eigenvalue weighted by Gasteiger charge is 2.54. The summed E-state index contributed by atoms with van der Waals surface area (Å²) >= 11 is 3.85. The summed E-state index contributed by atoms with van der Waals surface area (Å²) in [5.41, 5.74) is -2.34. The molecule has 0 amide bonds. The molecule has 5 rings (SSSR count). The van der Waals surface area contributed by atoms with Crippen LogP contribution in [0.25, 0.3) is 0 Å². The molecular formula is C28H31I2NO10. The Hall–Kier alpha value is -1.60. The lowest BCUT2D eigenvalue weighted by molar-refractivity contribution is -0.250. The fourth-order valence-electron chi connectivity index (χ4n) is 6.07. The van der Waals surface area contributed by atoms with Crippen molar-refractivity contribution in [2.75, 3.05) is 20.8 Å². The molecule has 0 aromatic heterocycles. The third kappa shape index (κ3) is 4.85. The first-order valence-corrected chi connectivity index (χ1v) is 15.2. The molecule has 2 aromatic rings. The van der Waals surface area contributed by atoms with Gasteiger partial charge in [-0.25, -0.2) is 0 Å². The van der Waals surface area contributed by atoms with Gasteiger partial charge in [0.1, 0.15) is 18.7 Å². The molecule has 2 aliphatic carbocycles. The summed E-state index contributed by atoms with van der Waals surface area (Å²) in [5, 5.41) is 58.8. The van der Waals surface area contributed by atoms with Crippen molar-refractivity contribution in [3.8, 4) is 17.2 Å². The number of likely N-dealkylation sites (N-methyl/N-ethyl adjacent to an activating group) is 1. The second-order valence-electron chi connectivity index (χ2n) is 10.7. The maximum atomic E-state index is 13.8. The maximum absolute atomic E-state index is 13.8. The van der Waals surface area contributed by atoms with Crippen LogP contribution in [0.4, 0.5) is 0 Å². The van der Waals surface area contributed by atoms with Crippen LogP contribution in [0.3, 0.4) is 0 Å². The van der Waals surface area contributed by atoms with Crippen LogP contribution < -0.4 is 10.1 Å². The van der Waals surface area contributed by atoms with Crippen molar-refractivity contribution in [1.29, 1.82) is 0 Å². The monoisotopic (exact) mass is 795 g/mol. The molecule has 3 aliphatic rings. The van der Waals surface area contributed by atoms with Crippen molar-refractivity contribution >= 4 is 56.7 Å². The third-order valence-corrected chi connectivity index (χ3v) is 11.0. The minimum atomic E-state index is -1.68. The molecule has 1 fully saturated rings. The minimum Gasteiger partial charge on any atom is -0.507 e. The van der Waals surface area contributed by atoms with Crippen LogP contribution in [-0.2, 0) is 15.9 Å². The normalized spacial score (nSPS) is 29.5. The van der Waals surface area contributed by atoms with E-state index in [-0.39, 0.29) is 64.4 Å². The number of carbonyl (C=O) groups is 2. The number of phenolic OH excluding ortho intramolecular Hbond substituents is 2. The van der Waals surface area contributed by atoms with E-state index in [2.05, 4.69) is 5.32 Å². The Labute approximate surface area is 263 Å². The third-order valence-electron chi connectivity index (χ3n) is 8.35. The number of ketones is 2. The standard InChI is InChI=1S/C28H31I2NO10/c1-11-22(33)14(31-2)7-17(40-11)41-16-9-27(38,28(29,30)10-32)8-13-19(16)26(37)21-20(24(13)35)23(34)12-5-4-6-15(39-3)18(12)25(21)36/h4-6,11,14,16-17,22,31-33,35,37-38H,7-10H2,1-3H3/t11?,14-,16+,17+,22-,27+/m0/s1. The molecule has 41 heavy (non-hydrogen) atoms. The van der Waals surface area contributed by atoms with E-state index in [1.54, 1.807) is 20.0 Å². The average Bonchev–Trinajstić information content (AvgIpc) is 2.94.